The molecule has 1 amide bonds. The molecular formula is C23H16F3N7O. The molecule has 3 heterocycles. The molecule has 34 heavy (non-hydrogen) atoms. The zero-order valence-electron chi connectivity index (χ0n) is 17.4. The Balaban J connectivity index is 1.43. The maximum Gasteiger partial charge on any atom is 0.280 e. The van der Waals surface area contributed by atoms with Crippen molar-refractivity contribution in [2.45, 2.75) is 13.0 Å². The van der Waals surface area contributed by atoms with Gasteiger partial charge >= 0.3 is 0 Å². The zero-order valence-corrected chi connectivity index (χ0v) is 17.4. The van der Waals surface area contributed by atoms with Crippen LogP contribution in [0.25, 0.3) is 16.9 Å². The molecular weight excluding hydrogens is 447 g/mol. The van der Waals surface area contributed by atoms with Crippen LogP contribution in [0.1, 0.15) is 28.0 Å². The molecule has 0 radical (unpaired) electrons. The lowest BCUT2D eigenvalue weighted by Crippen LogP contribution is -2.14. The molecule has 0 aliphatic heterocycles. The first-order valence-electron chi connectivity index (χ1n) is 10.2. The number of benzene rings is 2. The topological polar surface area (TPSA) is 90.0 Å². The fourth-order valence-corrected chi connectivity index (χ4v) is 3.48. The van der Waals surface area contributed by atoms with Crippen molar-refractivity contribution < 1.29 is 18.0 Å². The maximum absolute atomic E-state index is 13.7. The highest BCUT2D eigenvalue weighted by Gasteiger charge is 2.22. The van der Waals surface area contributed by atoms with Crippen molar-refractivity contribution in [1.82, 2.24) is 29.4 Å². The smallest absolute Gasteiger partial charge is 0.280 e. The van der Waals surface area contributed by atoms with E-state index in [4.69, 9.17) is 0 Å². The molecule has 0 bridgehead atoms. The Hall–Kier alpha value is -4.54. The SMILES string of the molecule is O=C(Nc1ncn(Cc2cccc(F)c2)n1)c1cnn2c(C(F)F)cc(-c3ccccc3)nc12. The second-order valence-electron chi connectivity index (χ2n) is 7.38. The summed E-state index contributed by atoms with van der Waals surface area (Å²) in [4.78, 5) is 21.3. The molecule has 170 valence electrons. The van der Waals surface area contributed by atoms with Crippen LogP contribution in [-0.2, 0) is 6.54 Å². The van der Waals surface area contributed by atoms with Gasteiger partial charge in [-0.25, -0.2) is 32.3 Å². The van der Waals surface area contributed by atoms with E-state index in [1.54, 1.807) is 42.5 Å². The largest absolute Gasteiger partial charge is 0.289 e. The minimum absolute atomic E-state index is 0.00551. The Bertz CT molecular complexity index is 1480. The third-order valence-electron chi connectivity index (χ3n) is 5.03. The summed E-state index contributed by atoms with van der Waals surface area (Å²) >= 11 is 0. The van der Waals surface area contributed by atoms with Gasteiger partial charge in [0.25, 0.3) is 12.3 Å². The molecule has 1 N–H and O–H groups in total. The average molecular weight is 463 g/mol. The molecule has 0 saturated heterocycles. The fraction of sp³-hybridized carbons (Fsp3) is 0.0870. The van der Waals surface area contributed by atoms with E-state index in [0.717, 1.165) is 4.52 Å². The fourth-order valence-electron chi connectivity index (χ4n) is 3.48. The maximum atomic E-state index is 13.7. The molecule has 0 fully saturated rings. The van der Waals surface area contributed by atoms with Crippen LogP contribution in [0.3, 0.4) is 0 Å². The molecule has 0 atom stereocenters. The number of aromatic nitrogens is 6. The second-order valence-corrected chi connectivity index (χ2v) is 7.38. The van der Waals surface area contributed by atoms with E-state index in [-0.39, 0.29) is 40.9 Å². The molecule has 5 aromatic rings. The van der Waals surface area contributed by atoms with Crippen molar-refractivity contribution >= 4 is 17.5 Å². The molecule has 0 saturated carbocycles. The van der Waals surface area contributed by atoms with E-state index >= 15 is 0 Å². The molecule has 0 spiro atoms. The van der Waals surface area contributed by atoms with Crippen molar-refractivity contribution in [2.75, 3.05) is 5.32 Å². The zero-order chi connectivity index (χ0) is 23.7. The number of fused-ring (bicyclic) bond motifs is 1. The Labute approximate surface area is 190 Å². The average Bonchev–Trinajstić information content (AvgIpc) is 3.45. The standard InChI is InChI=1S/C23H16F3N7O/c24-16-8-4-5-14(9-16)12-32-13-27-23(31-32)30-22(34)17-11-28-33-19(20(25)26)10-18(29-21(17)33)15-6-2-1-3-7-15/h1-11,13,20H,12H2,(H,30,31,34). The highest BCUT2D eigenvalue weighted by molar-refractivity contribution is 6.07. The first kappa shape index (κ1) is 21.3. The number of halogens is 3. The van der Waals surface area contributed by atoms with E-state index in [0.29, 0.717) is 11.1 Å². The number of rotatable bonds is 6. The van der Waals surface area contributed by atoms with Gasteiger partial charge in [0.1, 0.15) is 23.4 Å². The highest BCUT2D eigenvalue weighted by atomic mass is 19.3. The summed E-state index contributed by atoms with van der Waals surface area (Å²) in [6.45, 7) is 0.247. The van der Waals surface area contributed by atoms with Gasteiger partial charge in [0.2, 0.25) is 5.95 Å². The van der Waals surface area contributed by atoms with Crippen LogP contribution in [0.5, 0.6) is 0 Å². The predicted octanol–water partition coefficient (Wildman–Crippen LogP) is 4.37. The number of hydrogen-bond acceptors (Lipinski definition) is 5. The number of nitrogens with zero attached hydrogens (tertiary/aromatic N) is 6. The van der Waals surface area contributed by atoms with Crippen molar-refractivity contribution in [1.29, 1.82) is 0 Å². The van der Waals surface area contributed by atoms with Gasteiger partial charge in [-0.3, -0.25) is 10.1 Å². The summed E-state index contributed by atoms with van der Waals surface area (Å²) in [5.41, 5.74) is 1.16. The van der Waals surface area contributed by atoms with Crippen LogP contribution in [-0.4, -0.2) is 35.3 Å². The molecule has 11 heteroatoms. The van der Waals surface area contributed by atoms with Crippen LogP contribution in [0.15, 0.2) is 73.2 Å². The van der Waals surface area contributed by atoms with E-state index in [1.807, 2.05) is 0 Å². The summed E-state index contributed by atoms with van der Waals surface area (Å²) in [5, 5.41) is 10.6. The molecule has 0 unspecified atom stereocenters. The van der Waals surface area contributed by atoms with Gasteiger partial charge < -0.3 is 0 Å². The van der Waals surface area contributed by atoms with Gasteiger partial charge in [0, 0.05) is 5.56 Å². The minimum Gasteiger partial charge on any atom is -0.289 e. The van der Waals surface area contributed by atoms with Crippen LogP contribution in [0.2, 0.25) is 0 Å². The van der Waals surface area contributed by atoms with E-state index in [2.05, 4.69) is 25.5 Å². The summed E-state index contributed by atoms with van der Waals surface area (Å²) in [5.74, 6) is -1.03. The van der Waals surface area contributed by atoms with Crippen LogP contribution < -0.4 is 5.32 Å². The number of anilines is 1. The third-order valence-corrected chi connectivity index (χ3v) is 5.03. The second kappa shape index (κ2) is 8.77. The summed E-state index contributed by atoms with van der Waals surface area (Å²) in [7, 11) is 0. The van der Waals surface area contributed by atoms with Crippen molar-refractivity contribution in [3.05, 3.63) is 95.8 Å². The molecule has 8 nitrogen and oxygen atoms in total. The number of carbonyl (C=O) groups is 1. The molecule has 0 aliphatic carbocycles. The Morgan fingerprint density at radius 1 is 1.06 bits per heavy atom. The number of nitrogens with one attached hydrogen (secondary N) is 1. The van der Waals surface area contributed by atoms with Gasteiger partial charge in [-0.15, -0.1) is 5.10 Å². The predicted molar refractivity (Wildman–Crippen MR) is 117 cm³/mol. The van der Waals surface area contributed by atoms with Crippen LogP contribution in [0, 0.1) is 5.82 Å². The van der Waals surface area contributed by atoms with Crippen molar-refractivity contribution in [2.24, 2.45) is 0 Å². The van der Waals surface area contributed by atoms with Gasteiger partial charge in [-0.05, 0) is 23.8 Å². The lowest BCUT2D eigenvalue weighted by atomic mass is 10.1. The molecule has 0 aliphatic rings. The number of carbonyl (C=O) groups excluding carboxylic acids is 1. The molecule has 3 aromatic heterocycles. The van der Waals surface area contributed by atoms with E-state index in [1.165, 1.54) is 35.4 Å². The monoisotopic (exact) mass is 463 g/mol. The van der Waals surface area contributed by atoms with Gasteiger partial charge in [0.05, 0.1) is 18.4 Å². The molecule has 2 aromatic carbocycles. The van der Waals surface area contributed by atoms with Crippen LogP contribution >= 0.6 is 0 Å². The summed E-state index contributed by atoms with van der Waals surface area (Å²) in [6, 6.07) is 16.1. The summed E-state index contributed by atoms with van der Waals surface area (Å²) in [6.07, 6.45) is -0.275. The van der Waals surface area contributed by atoms with Gasteiger partial charge in [0.15, 0.2) is 5.65 Å². The Kier molecular flexibility index (Phi) is 5.50. The van der Waals surface area contributed by atoms with Gasteiger partial charge in [-0.2, -0.15) is 5.10 Å². The lowest BCUT2D eigenvalue weighted by molar-refractivity contribution is 0.102. The quantitative estimate of drug-likeness (QED) is 0.404. The number of alkyl halides is 2. The highest BCUT2D eigenvalue weighted by Crippen LogP contribution is 2.26. The molecule has 5 rings (SSSR count). The number of hydrogen-bond donors (Lipinski definition) is 1. The number of amides is 1. The first-order chi connectivity index (χ1) is 16.5. The summed E-state index contributed by atoms with van der Waals surface area (Å²) < 4.78 is 43.2. The lowest BCUT2D eigenvalue weighted by Gasteiger charge is -2.08. The van der Waals surface area contributed by atoms with Crippen LogP contribution in [0.4, 0.5) is 19.1 Å². The van der Waals surface area contributed by atoms with E-state index < -0.39 is 12.3 Å². The normalized spacial score (nSPS) is 11.3. The first-order valence-corrected chi connectivity index (χ1v) is 10.2. The van der Waals surface area contributed by atoms with Gasteiger partial charge in [-0.1, -0.05) is 42.5 Å². The third kappa shape index (κ3) is 4.22. The Morgan fingerprint density at radius 3 is 2.65 bits per heavy atom. The van der Waals surface area contributed by atoms with E-state index in [9.17, 15) is 18.0 Å². The van der Waals surface area contributed by atoms with Crippen molar-refractivity contribution in [3.63, 3.8) is 0 Å². The minimum atomic E-state index is -2.83. The Morgan fingerprint density at radius 2 is 1.88 bits per heavy atom. The van der Waals surface area contributed by atoms with Crippen molar-refractivity contribution in [3.8, 4) is 11.3 Å².